The molecule has 4 aromatic rings. The molecule has 0 radical (unpaired) electrons. The minimum absolute atomic E-state index is 0.107. The molecule has 0 saturated heterocycles. The van der Waals surface area contributed by atoms with Crippen molar-refractivity contribution in [1.82, 2.24) is 24.8 Å². The van der Waals surface area contributed by atoms with Crippen molar-refractivity contribution < 1.29 is 53.6 Å². The SMILES string of the molecule is CP(=O)([O-])OCCCCC#Cc1ccc(-c2cc(-c3cccc(CN(CC(=O)[O-])CC(=O)[O-])n3)nc(-c3cccc(CN(CC(=O)[O-])CC(=O)[O-])n3)c2)cc1. The zero-order valence-corrected chi connectivity index (χ0v) is 30.6. The first-order valence-corrected chi connectivity index (χ1v) is 18.8. The van der Waals surface area contributed by atoms with Gasteiger partial charge in [-0.1, -0.05) is 36.1 Å². The van der Waals surface area contributed by atoms with Gasteiger partial charge < -0.3 is 53.6 Å². The Morgan fingerprint density at radius 3 is 1.56 bits per heavy atom. The molecule has 1 unspecified atom stereocenters. The number of unbranched alkanes of at least 4 members (excludes halogenated alkanes) is 2. The zero-order chi connectivity index (χ0) is 40.0. The number of nitrogens with zero attached hydrogens (tertiary/aromatic N) is 5. The van der Waals surface area contributed by atoms with Gasteiger partial charge in [0.25, 0.3) is 0 Å². The van der Waals surface area contributed by atoms with Gasteiger partial charge in [-0.25, -0.2) is 15.0 Å². The van der Waals surface area contributed by atoms with E-state index in [0.29, 0.717) is 59.0 Å². The number of hydrogen-bond donors (Lipinski definition) is 0. The summed E-state index contributed by atoms with van der Waals surface area (Å²) in [5, 5.41) is 45.0. The Hall–Kier alpha value is -5.82. The maximum atomic E-state index is 11.2. The lowest BCUT2D eigenvalue weighted by Crippen LogP contribution is -2.43. The summed E-state index contributed by atoms with van der Waals surface area (Å²) in [5.41, 5.74) is 4.41. The first kappa shape index (κ1) is 41.9. The average molecular weight is 769 g/mol. The van der Waals surface area contributed by atoms with E-state index in [1.165, 1.54) is 0 Å². The molecule has 16 nitrogen and oxygen atoms in total. The molecule has 0 fully saturated rings. The summed E-state index contributed by atoms with van der Waals surface area (Å²) in [6, 6.07) is 20.8. The smallest absolute Gasteiger partial charge is 0.131 e. The highest BCUT2D eigenvalue weighted by molar-refractivity contribution is 7.50. The fourth-order valence-corrected chi connectivity index (χ4v) is 5.82. The molecule has 4 rings (SSSR count). The number of aromatic nitrogens is 3. The summed E-state index contributed by atoms with van der Waals surface area (Å²) < 4.78 is 15.9. The third kappa shape index (κ3) is 14.9. The molecule has 3 aromatic heterocycles. The van der Waals surface area contributed by atoms with Crippen LogP contribution in [-0.2, 0) is 41.4 Å². The number of hydrogen-bond acceptors (Lipinski definition) is 16. The number of rotatable bonds is 20. The van der Waals surface area contributed by atoms with Crippen LogP contribution in [0.4, 0.5) is 0 Å². The summed E-state index contributed by atoms with van der Waals surface area (Å²) in [4.78, 5) is 72.4. The predicted molar refractivity (Wildman–Crippen MR) is 187 cm³/mol. The fraction of sp³-hybridized carbons (Fsp3) is 0.289. The second-order valence-electron chi connectivity index (χ2n) is 12.4. The highest BCUT2D eigenvalue weighted by atomic mass is 31.2. The van der Waals surface area contributed by atoms with Gasteiger partial charge in [-0.15, -0.1) is 0 Å². The van der Waals surface area contributed by atoms with E-state index in [4.69, 9.17) is 9.51 Å². The topological polar surface area (TPSA) is 255 Å². The normalized spacial score (nSPS) is 12.1. The van der Waals surface area contributed by atoms with Gasteiger partial charge in [-0.05, 0) is 72.5 Å². The number of aliphatic carboxylic acids is 4. The van der Waals surface area contributed by atoms with Gasteiger partial charge in [0.05, 0.1) is 64.6 Å². The van der Waals surface area contributed by atoms with Crippen molar-refractivity contribution in [1.29, 1.82) is 0 Å². The predicted octanol–water partition coefficient (Wildman–Crippen LogP) is -1.80. The van der Waals surface area contributed by atoms with Crippen LogP contribution >= 0.6 is 7.60 Å². The lowest BCUT2D eigenvalue weighted by atomic mass is 10.0. The summed E-state index contributed by atoms with van der Waals surface area (Å²) in [7, 11) is -3.75. The molecule has 0 saturated carbocycles. The van der Waals surface area contributed by atoms with Crippen molar-refractivity contribution in [2.24, 2.45) is 0 Å². The lowest BCUT2D eigenvalue weighted by Gasteiger charge is -2.23. The molecule has 3 heterocycles. The highest BCUT2D eigenvalue weighted by Gasteiger charge is 2.15. The molecule has 0 N–H and O–H groups in total. The number of carbonyl (C=O) groups is 4. The minimum Gasteiger partial charge on any atom is -0.779 e. The third-order valence-electron chi connectivity index (χ3n) is 7.62. The molecule has 0 amide bonds. The van der Waals surface area contributed by atoms with Crippen LogP contribution < -0.4 is 25.3 Å². The minimum atomic E-state index is -3.75. The number of carboxylic acid groups (broad SMARTS) is 4. The molecular formula is C38H35N5O11P-5. The Labute approximate surface area is 316 Å². The van der Waals surface area contributed by atoms with Crippen LogP contribution in [0.2, 0.25) is 0 Å². The Kier molecular flexibility index (Phi) is 15.3. The fourth-order valence-electron chi connectivity index (χ4n) is 5.36. The average Bonchev–Trinajstić information content (AvgIpc) is 3.10. The van der Waals surface area contributed by atoms with Gasteiger partial charge in [0.15, 0.2) is 0 Å². The Morgan fingerprint density at radius 1 is 0.655 bits per heavy atom. The number of carbonyl (C=O) groups excluding carboxylic acids is 4. The van der Waals surface area contributed by atoms with Gasteiger partial charge >= 0.3 is 0 Å². The first-order chi connectivity index (χ1) is 26.1. The summed E-state index contributed by atoms with van der Waals surface area (Å²) in [6.07, 6.45) is 1.75. The van der Waals surface area contributed by atoms with Gasteiger partial charge in [0.2, 0.25) is 0 Å². The van der Waals surface area contributed by atoms with Crippen LogP contribution in [0.3, 0.4) is 0 Å². The van der Waals surface area contributed by atoms with Crippen molar-refractivity contribution in [3.8, 4) is 45.7 Å². The van der Waals surface area contributed by atoms with Crippen LogP contribution in [0, 0.1) is 11.8 Å². The summed E-state index contributed by atoms with van der Waals surface area (Å²) in [5.74, 6) is 0.275. The second-order valence-corrected chi connectivity index (χ2v) is 14.2. The first-order valence-electron chi connectivity index (χ1n) is 16.8. The van der Waals surface area contributed by atoms with Crippen molar-refractivity contribution in [3.63, 3.8) is 0 Å². The third-order valence-corrected chi connectivity index (χ3v) is 8.27. The van der Waals surface area contributed by atoms with Crippen LogP contribution in [0.1, 0.15) is 36.2 Å². The number of carboxylic acids is 4. The van der Waals surface area contributed by atoms with Gasteiger partial charge in [0, 0.05) is 57.9 Å². The monoisotopic (exact) mass is 768 g/mol. The Balaban J connectivity index is 1.68. The molecule has 288 valence electrons. The van der Waals surface area contributed by atoms with E-state index in [2.05, 4.69) is 21.8 Å². The lowest BCUT2D eigenvalue weighted by molar-refractivity contribution is -0.313. The molecular weight excluding hydrogens is 733 g/mol. The molecule has 1 aromatic carbocycles. The maximum absolute atomic E-state index is 11.2. The van der Waals surface area contributed by atoms with Crippen LogP contribution in [0.5, 0.6) is 0 Å². The second kappa shape index (κ2) is 20.0. The largest absolute Gasteiger partial charge is 0.779 e. The van der Waals surface area contributed by atoms with Crippen LogP contribution in [0.25, 0.3) is 33.9 Å². The summed E-state index contributed by atoms with van der Waals surface area (Å²) in [6.45, 7) is -1.80. The molecule has 0 bridgehead atoms. The van der Waals surface area contributed by atoms with E-state index in [1.54, 1.807) is 48.5 Å². The van der Waals surface area contributed by atoms with Crippen molar-refractivity contribution in [2.75, 3.05) is 39.5 Å². The van der Waals surface area contributed by atoms with E-state index < -0.39 is 57.7 Å². The van der Waals surface area contributed by atoms with E-state index >= 15 is 0 Å². The standard InChI is InChI=1S/C38H40N5O11P/c1-55(52,53)54-17-5-3-2-4-8-26-13-15-27(16-14-26)28-18-33(31-11-6-9-29(39-31)20-42(22-35(44)45)23-36(46)47)41-34(19-28)32-12-7-10-30(40-32)21-43(24-37(48)49)25-38(50)51/h6-7,9-16,18-19H,2-3,5,17,20-25H2,1H3,(H,44,45)(H,46,47)(H,48,49)(H,50,51)(H,52,53)/p-5. The Bertz CT molecular complexity index is 1980. The van der Waals surface area contributed by atoms with E-state index in [-0.39, 0.29) is 19.7 Å². The van der Waals surface area contributed by atoms with Gasteiger partial charge in [0.1, 0.15) is 7.60 Å². The zero-order valence-electron chi connectivity index (χ0n) is 29.7. The number of pyridine rings is 3. The van der Waals surface area contributed by atoms with Gasteiger partial charge in [-0.2, -0.15) is 0 Å². The van der Waals surface area contributed by atoms with Crippen molar-refractivity contribution in [2.45, 2.75) is 32.4 Å². The van der Waals surface area contributed by atoms with Crippen LogP contribution in [0.15, 0.2) is 72.8 Å². The maximum Gasteiger partial charge on any atom is 0.131 e. The van der Waals surface area contributed by atoms with Crippen LogP contribution in [-0.4, -0.2) is 88.1 Å². The van der Waals surface area contributed by atoms with E-state index in [9.17, 15) is 49.1 Å². The molecule has 0 aliphatic heterocycles. The quantitative estimate of drug-likeness (QED) is 0.0546. The van der Waals surface area contributed by atoms with Gasteiger partial charge in [-0.3, -0.25) is 9.80 Å². The molecule has 1 atom stereocenters. The Morgan fingerprint density at radius 2 is 1.13 bits per heavy atom. The van der Waals surface area contributed by atoms with E-state index in [0.717, 1.165) is 27.6 Å². The summed E-state index contributed by atoms with van der Waals surface area (Å²) >= 11 is 0. The molecule has 0 spiro atoms. The van der Waals surface area contributed by atoms with Crippen molar-refractivity contribution in [3.05, 3.63) is 89.7 Å². The molecule has 0 aliphatic rings. The molecule has 0 aliphatic carbocycles. The highest BCUT2D eigenvalue weighted by Crippen LogP contribution is 2.31. The van der Waals surface area contributed by atoms with E-state index in [1.807, 2.05) is 24.3 Å². The molecule has 55 heavy (non-hydrogen) atoms. The molecule has 17 heteroatoms. The number of benzene rings is 1. The van der Waals surface area contributed by atoms with Crippen molar-refractivity contribution >= 4 is 31.5 Å².